The van der Waals surface area contributed by atoms with Crippen molar-refractivity contribution in [3.05, 3.63) is 65.6 Å². The zero-order valence-electron chi connectivity index (χ0n) is 18.7. The van der Waals surface area contributed by atoms with Crippen molar-refractivity contribution in [3.63, 3.8) is 0 Å². The third-order valence-electron chi connectivity index (χ3n) is 6.57. The van der Waals surface area contributed by atoms with Crippen LogP contribution in [0.15, 0.2) is 48.7 Å². The number of esters is 1. The van der Waals surface area contributed by atoms with E-state index in [1.807, 2.05) is 0 Å². The van der Waals surface area contributed by atoms with Gasteiger partial charge in [0.05, 0.1) is 5.92 Å². The van der Waals surface area contributed by atoms with Crippen LogP contribution >= 0.6 is 0 Å². The number of likely N-dealkylation sites (N-methyl/N-ethyl adjacent to an activating group) is 1. The summed E-state index contributed by atoms with van der Waals surface area (Å²) in [5.41, 5.74) is -1.64. The number of aromatic nitrogens is 1. The highest BCUT2D eigenvalue weighted by molar-refractivity contribution is 6.17. The molecule has 5 rings (SSSR count). The van der Waals surface area contributed by atoms with Crippen LogP contribution in [0.5, 0.6) is 5.75 Å². The van der Waals surface area contributed by atoms with E-state index in [1.54, 1.807) is 46.1 Å². The van der Waals surface area contributed by atoms with E-state index >= 15 is 0 Å². The smallest absolute Gasteiger partial charge is 0.315 e. The first kappa shape index (κ1) is 21.3. The Morgan fingerprint density at radius 2 is 2.00 bits per heavy atom. The zero-order chi connectivity index (χ0) is 23.9. The fourth-order valence-corrected chi connectivity index (χ4v) is 5.37. The third kappa shape index (κ3) is 2.73. The second kappa shape index (κ2) is 6.73. The average molecular weight is 450 g/mol. The molecule has 3 heterocycles. The highest BCUT2D eigenvalue weighted by atomic mass is 19.1. The zero-order valence-corrected chi connectivity index (χ0v) is 18.7. The second-order valence-electron chi connectivity index (χ2n) is 9.66. The number of benzene rings is 1. The van der Waals surface area contributed by atoms with Gasteiger partial charge in [0.25, 0.3) is 0 Å². The van der Waals surface area contributed by atoms with Crippen molar-refractivity contribution in [3.8, 4) is 5.75 Å². The van der Waals surface area contributed by atoms with Gasteiger partial charge in [0.2, 0.25) is 5.91 Å². The number of nitrogens with zero attached hydrogens (tertiary/aromatic N) is 2. The SMILES string of the molecule is C=C1C(=O)[C@H]2c3ccc(F)cc3O[C@H]2[C@]2(C(=O)N(C)c3ncccc32)[C@@H]1C(=O)OC(C)(C)C. The first-order valence-electron chi connectivity index (χ1n) is 10.6. The van der Waals surface area contributed by atoms with Crippen LogP contribution in [-0.4, -0.2) is 41.4 Å². The Morgan fingerprint density at radius 1 is 1.27 bits per heavy atom. The van der Waals surface area contributed by atoms with Gasteiger partial charge in [-0.3, -0.25) is 19.3 Å². The van der Waals surface area contributed by atoms with E-state index in [-0.39, 0.29) is 11.3 Å². The number of pyridine rings is 1. The van der Waals surface area contributed by atoms with Crippen LogP contribution in [0, 0.1) is 11.7 Å². The summed E-state index contributed by atoms with van der Waals surface area (Å²) < 4.78 is 25.8. The maximum absolute atomic E-state index is 14.0. The van der Waals surface area contributed by atoms with Crippen molar-refractivity contribution in [2.45, 2.75) is 43.8 Å². The van der Waals surface area contributed by atoms with E-state index in [1.165, 1.54) is 23.1 Å². The average Bonchev–Trinajstić information content (AvgIpc) is 3.21. The van der Waals surface area contributed by atoms with Crippen LogP contribution in [0.1, 0.15) is 37.8 Å². The minimum Gasteiger partial charge on any atom is -0.487 e. The molecule has 3 aliphatic rings. The quantitative estimate of drug-likeness (QED) is 0.490. The Bertz CT molecular complexity index is 1250. The van der Waals surface area contributed by atoms with E-state index in [0.717, 1.165) is 0 Å². The first-order chi connectivity index (χ1) is 15.5. The fraction of sp³-hybridized carbons (Fsp3) is 0.360. The van der Waals surface area contributed by atoms with Crippen LogP contribution < -0.4 is 9.64 Å². The number of hydrogen-bond donors (Lipinski definition) is 0. The predicted molar refractivity (Wildman–Crippen MR) is 116 cm³/mol. The van der Waals surface area contributed by atoms with Gasteiger partial charge in [-0.2, -0.15) is 0 Å². The van der Waals surface area contributed by atoms with Gasteiger partial charge in [-0.05, 0) is 32.9 Å². The van der Waals surface area contributed by atoms with Gasteiger partial charge in [-0.1, -0.05) is 18.7 Å². The monoisotopic (exact) mass is 450 g/mol. The lowest BCUT2D eigenvalue weighted by Crippen LogP contribution is -2.63. The van der Waals surface area contributed by atoms with Gasteiger partial charge in [-0.15, -0.1) is 0 Å². The number of amides is 1. The van der Waals surface area contributed by atoms with Crippen LogP contribution in [0.2, 0.25) is 0 Å². The van der Waals surface area contributed by atoms with E-state index in [2.05, 4.69) is 11.6 Å². The topological polar surface area (TPSA) is 85.8 Å². The number of fused-ring (bicyclic) bond motifs is 6. The third-order valence-corrected chi connectivity index (χ3v) is 6.57. The first-order valence-corrected chi connectivity index (χ1v) is 10.6. The number of halogens is 1. The normalized spacial score (nSPS) is 27.8. The number of ketones is 1. The highest BCUT2D eigenvalue weighted by Gasteiger charge is 2.71. The molecule has 0 N–H and O–H groups in total. The highest BCUT2D eigenvalue weighted by Crippen LogP contribution is 2.60. The molecule has 0 unspecified atom stereocenters. The molecule has 0 radical (unpaired) electrons. The molecule has 8 heteroatoms. The molecular weight excluding hydrogens is 427 g/mol. The Balaban J connectivity index is 1.79. The maximum Gasteiger partial charge on any atom is 0.315 e. The minimum absolute atomic E-state index is 0.0373. The number of anilines is 1. The fourth-order valence-electron chi connectivity index (χ4n) is 5.37. The van der Waals surface area contributed by atoms with E-state index < -0.39 is 52.4 Å². The molecule has 2 aromatic rings. The number of carbonyl (C=O) groups is 3. The Morgan fingerprint density at radius 3 is 2.70 bits per heavy atom. The summed E-state index contributed by atoms with van der Waals surface area (Å²) in [5.74, 6) is -3.88. The van der Waals surface area contributed by atoms with Gasteiger partial charge in [0.15, 0.2) is 5.78 Å². The summed E-state index contributed by atoms with van der Waals surface area (Å²) in [6.45, 7) is 9.07. The summed E-state index contributed by atoms with van der Waals surface area (Å²) in [6, 6.07) is 7.27. The minimum atomic E-state index is -1.65. The standard InChI is InChI=1S/C25H23FN2O5/c1-12-18(22(30)33-24(2,3)4)25(15-7-6-10-27-21(15)28(5)23(25)31)20-17(19(12)29)14-9-8-13(26)11-16(14)32-20/h6-11,17-18,20H,1H2,2-5H3/t17-,18+,20-,25-/m1/s1. The van der Waals surface area contributed by atoms with Gasteiger partial charge in [0.1, 0.15) is 40.4 Å². The molecule has 170 valence electrons. The maximum atomic E-state index is 14.0. The van der Waals surface area contributed by atoms with Gasteiger partial charge in [0, 0.05) is 36.0 Å². The lowest BCUT2D eigenvalue weighted by Gasteiger charge is -2.45. The number of ether oxygens (including phenoxy) is 2. The molecule has 1 spiro atoms. The van der Waals surface area contributed by atoms with Crippen LogP contribution in [0.25, 0.3) is 0 Å². The lowest BCUT2D eigenvalue weighted by molar-refractivity contribution is -0.167. The van der Waals surface area contributed by atoms with Crippen LogP contribution in [0.3, 0.4) is 0 Å². The molecule has 1 saturated carbocycles. The van der Waals surface area contributed by atoms with Crippen LogP contribution in [-0.2, 0) is 24.5 Å². The lowest BCUT2D eigenvalue weighted by atomic mass is 9.56. The number of rotatable bonds is 1. The summed E-state index contributed by atoms with van der Waals surface area (Å²) in [4.78, 5) is 46.8. The summed E-state index contributed by atoms with van der Waals surface area (Å²) in [6.07, 6.45) is 0.453. The molecule has 1 aromatic heterocycles. The summed E-state index contributed by atoms with van der Waals surface area (Å²) >= 11 is 0. The molecule has 0 saturated heterocycles. The van der Waals surface area contributed by atoms with Crippen molar-refractivity contribution < 1.29 is 28.2 Å². The van der Waals surface area contributed by atoms with E-state index in [9.17, 15) is 18.8 Å². The molecule has 2 aliphatic heterocycles. The van der Waals surface area contributed by atoms with E-state index in [4.69, 9.17) is 9.47 Å². The Kier molecular flexibility index (Phi) is 4.34. The van der Waals surface area contributed by atoms with Crippen molar-refractivity contribution in [1.29, 1.82) is 0 Å². The molecule has 1 amide bonds. The molecule has 1 aromatic carbocycles. The van der Waals surface area contributed by atoms with Crippen LogP contribution in [0.4, 0.5) is 10.2 Å². The number of hydrogen-bond acceptors (Lipinski definition) is 6. The van der Waals surface area contributed by atoms with Crippen molar-refractivity contribution in [2.75, 3.05) is 11.9 Å². The van der Waals surface area contributed by atoms with Crippen molar-refractivity contribution in [2.24, 2.45) is 5.92 Å². The summed E-state index contributed by atoms with van der Waals surface area (Å²) in [5, 5.41) is 0. The molecule has 1 fully saturated rings. The molecule has 4 atom stereocenters. The summed E-state index contributed by atoms with van der Waals surface area (Å²) in [7, 11) is 1.56. The van der Waals surface area contributed by atoms with Gasteiger partial charge < -0.3 is 9.47 Å². The van der Waals surface area contributed by atoms with E-state index in [0.29, 0.717) is 16.9 Å². The van der Waals surface area contributed by atoms with Crippen molar-refractivity contribution >= 4 is 23.5 Å². The molecule has 1 aliphatic carbocycles. The molecule has 0 bridgehead atoms. The number of carbonyl (C=O) groups excluding carboxylic acids is 3. The largest absolute Gasteiger partial charge is 0.487 e. The number of Topliss-reactive ketones (excluding diaryl/α,β-unsaturated/α-hetero) is 1. The molecule has 7 nitrogen and oxygen atoms in total. The van der Waals surface area contributed by atoms with Gasteiger partial charge in [-0.25, -0.2) is 9.37 Å². The Labute approximate surface area is 190 Å². The Hall–Kier alpha value is -3.55. The predicted octanol–water partition coefficient (Wildman–Crippen LogP) is 3.08. The van der Waals surface area contributed by atoms with Crippen molar-refractivity contribution in [1.82, 2.24) is 4.98 Å². The van der Waals surface area contributed by atoms with Gasteiger partial charge >= 0.3 is 5.97 Å². The molecular formula is C25H23FN2O5. The molecule has 33 heavy (non-hydrogen) atoms. The second-order valence-corrected chi connectivity index (χ2v) is 9.66.